The highest BCUT2D eigenvalue weighted by atomic mass is 32.2. The number of benzene rings is 2. The molecule has 0 aliphatic carbocycles. The van der Waals surface area contributed by atoms with Crippen molar-refractivity contribution in [2.75, 3.05) is 6.61 Å². The Balaban J connectivity index is 1.87. The van der Waals surface area contributed by atoms with Crippen LogP contribution in [0.25, 0.3) is 0 Å². The standard InChI is InChI=1S/C15H14O6S/c1-12-7-5-6-10-14(12)19-11-15(16)20-21-22(17,18)13-8-3-2-4-9-13/h2-10H,11H2,1H3. The third kappa shape index (κ3) is 4.31. The molecule has 0 saturated carbocycles. The zero-order chi connectivity index (χ0) is 16.0. The highest BCUT2D eigenvalue weighted by molar-refractivity contribution is 7.86. The second-order valence-electron chi connectivity index (χ2n) is 4.34. The fraction of sp³-hybridized carbons (Fsp3) is 0.133. The summed E-state index contributed by atoms with van der Waals surface area (Å²) >= 11 is 0. The van der Waals surface area contributed by atoms with Gasteiger partial charge in [0.25, 0.3) is 0 Å². The Labute approximate surface area is 128 Å². The Kier molecular flexibility index (Phi) is 5.13. The molecular weight excluding hydrogens is 308 g/mol. The molecule has 0 aliphatic heterocycles. The number of hydrogen-bond acceptors (Lipinski definition) is 6. The van der Waals surface area contributed by atoms with Gasteiger partial charge in [-0.2, -0.15) is 8.42 Å². The average Bonchev–Trinajstić information content (AvgIpc) is 2.53. The summed E-state index contributed by atoms with van der Waals surface area (Å²) in [5, 5.41) is 0. The summed E-state index contributed by atoms with van der Waals surface area (Å²) < 4.78 is 32.9. The lowest BCUT2D eigenvalue weighted by molar-refractivity contribution is -0.213. The summed E-state index contributed by atoms with van der Waals surface area (Å²) in [5.41, 5.74) is 0.841. The second kappa shape index (κ2) is 7.06. The molecule has 6 nitrogen and oxygen atoms in total. The van der Waals surface area contributed by atoms with Crippen molar-refractivity contribution in [3.63, 3.8) is 0 Å². The average molecular weight is 322 g/mol. The maximum absolute atomic E-state index is 11.7. The Hall–Kier alpha value is -2.38. The van der Waals surface area contributed by atoms with Gasteiger partial charge >= 0.3 is 16.1 Å². The van der Waals surface area contributed by atoms with Crippen molar-refractivity contribution in [2.45, 2.75) is 11.8 Å². The van der Waals surface area contributed by atoms with E-state index in [0.29, 0.717) is 5.75 Å². The van der Waals surface area contributed by atoms with E-state index in [1.54, 1.807) is 18.2 Å². The molecule has 0 spiro atoms. The predicted molar refractivity (Wildman–Crippen MR) is 77.5 cm³/mol. The molecule has 0 aliphatic rings. The zero-order valence-electron chi connectivity index (χ0n) is 11.8. The normalized spacial score (nSPS) is 11.0. The van der Waals surface area contributed by atoms with Crippen LogP contribution in [0.15, 0.2) is 59.5 Å². The first-order valence-corrected chi connectivity index (χ1v) is 7.77. The van der Waals surface area contributed by atoms with E-state index in [-0.39, 0.29) is 4.90 Å². The number of carbonyl (C=O) groups is 1. The van der Waals surface area contributed by atoms with E-state index in [1.165, 1.54) is 24.3 Å². The van der Waals surface area contributed by atoms with Crippen LogP contribution in [0, 0.1) is 6.92 Å². The van der Waals surface area contributed by atoms with E-state index in [1.807, 2.05) is 19.1 Å². The largest absolute Gasteiger partial charge is 0.481 e. The van der Waals surface area contributed by atoms with E-state index in [9.17, 15) is 13.2 Å². The van der Waals surface area contributed by atoms with Crippen LogP contribution in [-0.4, -0.2) is 21.0 Å². The van der Waals surface area contributed by atoms with E-state index < -0.39 is 22.7 Å². The molecule has 116 valence electrons. The Morgan fingerprint density at radius 2 is 1.64 bits per heavy atom. The molecule has 0 atom stereocenters. The quantitative estimate of drug-likeness (QED) is 0.599. The molecule has 22 heavy (non-hydrogen) atoms. The molecule has 0 aromatic heterocycles. The highest BCUT2D eigenvalue weighted by Crippen LogP contribution is 2.16. The maximum atomic E-state index is 11.7. The predicted octanol–water partition coefficient (Wildman–Crippen LogP) is 2.24. The summed E-state index contributed by atoms with van der Waals surface area (Å²) in [6, 6.07) is 14.4. The summed E-state index contributed by atoms with van der Waals surface area (Å²) in [5.74, 6) is -0.451. The molecule has 0 radical (unpaired) electrons. The molecule has 0 N–H and O–H groups in total. The summed E-state index contributed by atoms with van der Waals surface area (Å²) in [6.45, 7) is 1.35. The summed E-state index contributed by atoms with van der Waals surface area (Å²) in [4.78, 5) is 15.6. The van der Waals surface area contributed by atoms with Crippen molar-refractivity contribution < 1.29 is 27.2 Å². The highest BCUT2D eigenvalue weighted by Gasteiger charge is 2.19. The van der Waals surface area contributed by atoms with Gasteiger partial charge in [0.1, 0.15) is 5.75 Å². The summed E-state index contributed by atoms with van der Waals surface area (Å²) in [7, 11) is -4.15. The monoisotopic (exact) mass is 322 g/mol. The Bertz CT molecular complexity index is 740. The minimum absolute atomic E-state index is 0.109. The topological polar surface area (TPSA) is 78.9 Å². The number of hydrogen-bond donors (Lipinski definition) is 0. The Morgan fingerprint density at radius 3 is 2.32 bits per heavy atom. The fourth-order valence-electron chi connectivity index (χ4n) is 1.59. The van der Waals surface area contributed by atoms with Crippen LogP contribution in [0.2, 0.25) is 0 Å². The first-order valence-electron chi connectivity index (χ1n) is 6.36. The van der Waals surface area contributed by atoms with Crippen molar-refractivity contribution >= 4 is 16.1 Å². The third-order valence-corrected chi connectivity index (χ3v) is 3.78. The first kappa shape index (κ1) is 16.0. The number of rotatable bonds is 6. The van der Waals surface area contributed by atoms with Crippen molar-refractivity contribution in [3.8, 4) is 5.75 Å². The molecule has 0 fully saturated rings. The minimum atomic E-state index is -4.15. The number of ether oxygens (including phenoxy) is 1. The molecule has 0 unspecified atom stereocenters. The first-order chi connectivity index (χ1) is 10.5. The van der Waals surface area contributed by atoms with Crippen LogP contribution >= 0.6 is 0 Å². The third-order valence-electron chi connectivity index (χ3n) is 2.69. The van der Waals surface area contributed by atoms with Gasteiger partial charge in [0.2, 0.25) is 0 Å². The second-order valence-corrected chi connectivity index (χ2v) is 5.86. The van der Waals surface area contributed by atoms with E-state index in [2.05, 4.69) is 9.22 Å². The van der Waals surface area contributed by atoms with E-state index in [4.69, 9.17) is 4.74 Å². The van der Waals surface area contributed by atoms with Crippen LogP contribution in [0.5, 0.6) is 5.75 Å². The lowest BCUT2D eigenvalue weighted by atomic mass is 10.2. The molecule has 2 aromatic carbocycles. The van der Waals surface area contributed by atoms with Gasteiger partial charge in [-0.25, -0.2) is 4.79 Å². The van der Waals surface area contributed by atoms with Crippen LogP contribution < -0.4 is 4.74 Å². The van der Waals surface area contributed by atoms with Crippen LogP contribution in [-0.2, 0) is 24.1 Å². The zero-order valence-corrected chi connectivity index (χ0v) is 12.6. The minimum Gasteiger partial charge on any atom is -0.481 e. The molecule has 0 amide bonds. The van der Waals surface area contributed by atoms with Gasteiger partial charge in [-0.05, 0) is 35.0 Å². The molecule has 2 aromatic rings. The lowest BCUT2D eigenvalue weighted by Gasteiger charge is -2.08. The SMILES string of the molecule is Cc1ccccc1OCC(=O)OOS(=O)(=O)c1ccccc1. The van der Waals surface area contributed by atoms with Gasteiger partial charge in [-0.3, -0.25) is 4.89 Å². The number of aryl methyl sites for hydroxylation is 1. The van der Waals surface area contributed by atoms with Gasteiger partial charge in [0.05, 0.1) is 4.90 Å². The van der Waals surface area contributed by atoms with E-state index in [0.717, 1.165) is 5.56 Å². The van der Waals surface area contributed by atoms with Crippen LogP contribution in [0.4, 0.5) is 0 Å². The van der Waals surface area contributed by atoms with Crippen molar-refractivity contribution in [1.82, 2.24) is 0 Å². The van der Waals surface area contributed by atoms with Crippen LogP contribution in [0.3, 0.4) is 0 Å². The summed E-state index contributed by atoms with van der Waals surface area (Å²) in [6.07, 6.45) is 0. The number of para-hydroxylation sites is 1. The van der Waals surface area contributed by atoms with Gasteiger partial charge < -0.3 is 4.74 Å². The van der Waals surface area contributed by atoms with E-state index >= 15 is 0 Å². The number of carbonyl (C=O) groups excluding carboxylic acids is 1. The van der Waals surface area contributed by atoms with Gasteiger partial charge in [-0.1, -0.05) is 36.4 Å². The van der Waals surface area contributed by atoms with Crippen molar-refractivity contribution in [1.29, 1.82) is 0 Å². The fourth-order valence-corrected chi connectivity index (χ4v) is 2.32. The van der Waals surface area contributed by atoms with Crippen molar-refractivity contribution in [2.24, 2.45) is 0 Å². The van der Waals surface area contributed by atoms with Crippen LogP contribution in [0.1, 0.15) is 5.56 Å². The Morgan fingerprint density at radius 1 is 1.00 bits per heavy atom. The van der Waals surface area contributed by atoms with Gasteiger partial charge in [0, 0.05) is 0 Å². The molecule has 2 rings (SSSR count). The maximum Gasteiger partial charge on any atom is 0.380 e. The molecule has 0 bridgehead atoms. The molecule has 0 saturated heterocycles. The molecule has 7 heteroatoms. The van der Waals surface area contributed by atoms with Gasteiger partial charge in [-0.15, -0.1) is 0 Å². The smallest absolute Gasteiger partial charge is 0.380 e. The molecular formula is C15H14O6S. The van der Waals surface area contributed by atoms with Crippen molar-refractivity contribution in [3.05, 3.63) is 60.2 Å². The lowest BCUT2D eigenvalue weighted by Crippen LogP contribution is -2.18. The molecule has 0 heterocycles. The van der Waals surface area contributed by atoms with Gasteiger partial charge in [0.15, 0.2) is 6.61 Å².